The van der Waals surface area contributed by atoms with Gasteiger partial charge in [0.2, 0.25) is 0 Å². The zero-order chi connectivity index (χ0) is 27.4. The van der Waals surface area contributed by atoms with Crippen LogP contribution in [0.25, 0.3) is 0 Å². The SMILES string of the molecule is CSc1ncc(Br)c(C(=O)Nc2cc(C(=O)Nc3ccc(OC(F)(F)Cl)cc3)cnc2N2CC[C@@H](O)C2)n1. The van der Waals surface area contributed by atoms with Gasteiger partial charge in [0.25, 0.3) is 11.8 Å². The maximum Gasteiger partial charge on any atom is 0.487 e. The molecule has 15 heteroatoms. The molecule has 2 aromatic heterocycles. The van der Waals surface area contributed by atoms with Crippen molar-refractivity contribution < 1.29 is 28.2 Å². The van der Waals surface area contributed by atoms with E-state index in [1.54, 1.807) is 11.2 Å². The van der Waals surface area contributed by atoms with E-state index >= 15 is 0 Å². The van der Waals surface area contributed by atoms with Crippen molar-refractivity contribution in [2.75, 3.05) is 34.9 Å². The predicted octanol–water partition coefficient (Wildman–Crippen LogP) is 4.60. The summed E-state index contributed by atoms with van der Waals surface area (Å²) in [5.74, 6) is -0.926. The Labute approximate surface area is 233 Å². The maximum atomic E-state index is 13.1. The van der Waals surface area contributed by atoms with Crippen molar-refractivity contribution in [1.82, 2.24) is 15.0 Å². The van der Waals surface area contributed by atoms with Crippen LogP contribution in [-0.4, -0.2) is 62.9 Å². The fraction of sp³-hybridized carbons (Fsp3) is 0.261. The van der Waals surface area contributed by atoms with E-state index in [-0.39, 0.29) is 22.7 Å². The number of carbonyl (C=O) groups excluding carboxylic acids is 2. The van der Waals surface area contributed by atoms with Crippen LogP contribution < -0.4 is 20.3 Å². The molecule has 0 radical (unpaired) electrons. The smallest absolute Gasteiger partial charge is 0.420 e. The number of amides is 2. The number of thioether (sulfide) groups is 1. The summed E-state index contributed by atoms with van der Waals surface area (Å²) in [6.45, 7) is 0.817. The van der Waals surface area contributed by atoms with Gasteiger partial charge < -0.3 is 25.4 Å². The number of pyridine rings is 1. The average molecular weight is 630 g/mol. The third kappa shape index (κ3) is 7.07. The number of benzene rings is 1. The molecule has 3 heterocycles. The molecule has 1 aromatic carbocycles. The second-order valence-corrected chi connectivity index (χ2v) is 10.1. The molecule has 3 N–H and O–H groups in total. The fourth-order valence-electron chi connectivity index (χ4n) is 3.59. The lowest BCUT2D eigenvalue weighted by molar-refractivity contribution is -0.0964. The van der Waals surface area contributed by atoms with E-state index in [2.05, 4.69) is 46.3 Å². The number of alkyl halides is 3. The number of aliphatic hydroxyl groups is 1. The Bertz CT molecular complexity index is 1350. The van der Waals surface area contributed by atoms with E-state index in [4.69, 9.17) is 11.6 Å². The number of ether oxygens (including phenoxy) is 1. The summed E-state index contributed by atoms with van der Waals surface area (Å²) in [6.07, 6.45) is 4.57. The highest BCUT2D eigenvalue weighted by atomic mass is 79.9. The van der Waals surface area contributed by atoms with Gasteiger partial charge in [-0.3, -0.25) is 9.59 Å². The molecule has 0 saturated carbocycles. The van der Waals surface area contributed by atoms with E-state index in [0.29, 0.717) is 40.6 Å². The van der Waals surface area contributed by atoms with Crippen LogP contribution in [0, 0.1) is 0 Å². The number of rotatable bonds is 8. The quantitative estimate of drug-likeness (QED) is 0.186. The van der Waals surface area contributed by atoms with Crippen molar-refractivity contribution in [3.63, 3.8) is 0 Å². The minimum Gasteiger partial charge on any atom is -0.420 e. The molecule has 0 bridgehead atoms. The van der Waals surface area contributed by atoms with Gasteiger partial charge in [0.05, 0.1) is 21.8 Å². The monoisotopic (exact) mass is 628 g/mol. The van der Waals surface area contributed by atoms with Crippen molar-refractivity contribution in [3.8, 4) is 5.75 Å². The number of aromatic nitrogens is 3. The Morgan fingerprint density at radius 2 is 1.95 bits per heavy atom. The number of nitrogens with one attached hydrogen (secondary N) is 2. The number of aliphatic hydroxyl groups excluding tert-OH is 1. The molecule has 0 spiro atoms. The second-order valence-electron chi connectivity index (χ2n) is 8.02. The number of anilines is 3. The third-order valence-electron chi connectivity index (χ3n) is 5.31. The lowest BCUT2D eigenvalue weighted by atomic mass is 10.2. The maximum absolute atomic E-state index is 13.1. The first-order valence-electron chi connectivity index (χ1n) is 11.0. The number of β-amino-alcohol motifs (C(OH)–C–C–N with tert-alkyl or cyclic N) is 1. The number of carbonyl (C=O) groups is 2. The lowest BCUT2D eigenvalue weighted by Crippen LogP contribution is -2.25. The van der Waals surface area contributed by atoms with Gasteiger partial charge in [0, 0.05) is 42.8 Å². The molecule has 3 aromatic rings. The first kappa shape index (κ1) is 28.0. The second kappa shape index (κ2) is 11.8. The summed E-state index contributed by atoms with van der Waals surface area (Å²) in [5.41, 5.74) is -3.12. The number of nitrogens with zero attached hydrogens (tertiary/aromatic N) is 4. The number of hydrogen-bond acceptors (Lipinski definition) is 9. The van der Waals surface area contributed by atoms with Gasteiger partial charge in [-0.15, -0.1) is 8.78 Å². The van der Waals surface area contributed by atoms with E-state index in [1.807, 2.05) is 0 Å². The van der Waals surface area contributed by atoms with E-state index in [1.165, 1.54) is 54.5 Å². The summed E-state index contributed by atoms with van der Waals surface area (Å²) >= 11 is 9.32. The van der Waals surface area contributed by atoms with Crippen LogP contribution in [0.3, 0.4) is 0 Å². The molecule has 1 fully saturated rings. The highest BCUT2D eigenvalue weighted by Crippen LogP contribution is 2.30. The summed E-state index contributed by atoms with van der Waals surface area (Å²) < 4.78 is 30.3. The minimum absolute atomic E-state index is 0.0939. The van der Waals surface area contributed by atoms with Gasteiger partial charge in [-0.2, -0.15) is 0 Å². The Kier molecular flexibility index (Phi) is 8.65. The highest BCUT2D eigenvalue weighted by Gasteiger charge is 2.28. The first-order valence-corrected chi connectivity index (χ1v) is 13.4. The van der Waals surface area contributed by atoms with Gasteiger partial charge in [-0.25, -0.2) is 15.0 Å². The zero-order valence-electron chi connectivity index (χ0n) is 19.6. The Morgan fingerprint density at radius 3 is 2.58 bits per heavy atom. The van der Waals surface area contributed by atoms with Crippen LogP contribution >= 0.6 is 39.3 Å². The number of halogens is 4. The molecule has 0 aliphatic carbocycles. The summed E-state index contributed by atoms with van der Waals surface area (Å²) in [5, 5.41) is 15.8. The average Bonchev–Trinajstić information content (AvgIpc) is 3.30. The van der Waals surface area contributed by atoms with Crippen molar-refractivity contribution in [2.24, 2.45) is 0 Å². The van der Waals surface area contributed by atoms with E-state index in [0.717, 1.165) is 0 Å². The van der Waals surface area contributed by atoms with Gasteiger partial charge >= 0.3 is 5.57 Å². The van der Waals surface area contributed by atoms with Crippen LogP contribution in [0.2, 0.25) is 0 Å². The molecule has 1 saturated heterocycles. The van der Waals surface area contributed by atoms with Crippen LogP contribution in [0.5, 0.6) is 5.75 Å². The zero-order valence-corrected chi connectivity index (χ0v) is 22.8. The van der Waals surface area contributed by atoms with E-state index in [9.17, 15) is 23.5 Å². The fourth-order valence-corrected chi connectivity index (χ4v) is 4.39. The van der Waals surface area contributed by atoms with Gasteiger partial charge in [-0.1, -0.05) is 11.8 Å². The molecule has 1 aliphatic rings. The molecule has 4 rings (SSSR count). The molecular formula is C23H20BrClF2N6O4S. The van der Waals surface area contributed by atoms with Crippen molar-refractivity contribution >= 4 is 68.3 Å². The largest absolute Gasteiger partial charge is 0.487 e. The number of hydrogen-bond donors (Lipinski definition) is 3. The van der Waals surface area contributed by atoms with Gasteiger partial charge in [0.15, 0.2) is 11.0 Å². The van der Waals surface area contributed by atoms with Crippen LogP contribution in [0.15, 0.2) is 52.4 Å². The van der Waals surface area contributed by atoms with Gasteiger partial charge in [0.1, 0.15) is 11.4 Å². The van der Waals surface area contributed by atoms with Crippen molar-refractivity contribution in [2.45, 2.75) is 23.2 Å². The molecule has 10 nitrogen and oxygen atoms in total. The van der Waals surface area contributed by atoms with Crippen LogP contribution in [0.1, 0.15) is 27.3 Å². The van der Waals surface area contributed by atoms with Crippen LogP contribution in [0.4, 0.5) is 26.0 Å². The topological polar surface area (TPSA) is 130 Å². The lowest BCUT2D eigenvalue weighted by Gasteiger charge is -2.21. The summed E-state index contributed by atoms with van der Waals surface area (Å²) in [6, 6.07) is 6.63. The highest BCUT2D eigenvalue weighted by molar-refractivity contribution is 9.10. The Balaban J connectivity index is 1.58. The molecule has 1 atom stereocenters. The minimum atomic E-state index is -3.86. The predicted molar refractivity (Wildman–Crippen MR) is 142 cm³/mol. The third-order valence-corrected chi connectivity index (χ3v) is 6.52. The van der Waals surface area contributed by atoms with Crippen molar-refractivity contribution in [1.29, 1.82) is 0 Å². The first-order chi connectivity index (χ1) is 18.0. The normalized spacial score (nSPS) is 15.3. The van der Waals surface area contributed by atoms with Gasteiger partial charge in [-0.05, 0) is 58.9 Å². The van der Waals surface area contributed by atoms with E-state index < -0.39 is 23.5 Å². The van der Waals surface area contributed by atoms with Crippen molar-refractivity contribution in [3.05, 3.63) is 58.5 Å². The molecule has 38 heavy (non-hydrogen) atoms. The molecule has 0 unspecified atom stereocenters. The summed E-state index contributed by atoms with van der Waals surface area (Å²) in [4.78, 5) is 40.6. The molecule has 200 valence electrons. The molecule has 1 aliphatic heterocycles. The summed E-state index contributed by atoms with van der Waals surface area (Å²) in [7, 11) is 0. The molecule has 2 amide bonds. The Hall–Kier alpha value is -3.07. The van der Waals surface area contributed by atoms with Crippen LogP contribution in [-0.2, 0) is 0 Å². The Morgan fingerprint density at radius 1 is 1.21 bits per heavy atom. The molecular weight excluding hydrogens is 610 g/mol. The standard InChI is InChI=1S/C23H20BrClF2N6O4S/c1-38-22-29-10-16(24)18(32-22)21(36)31-17-8-12(9-28-19(17)33-7-6-14(34)11-33)20(35)30-13-2-4-15(5-3-13)37-23(25,26)27/h2-5,8-10,14,34H,6-7,11H2,1H3,(H,30,35)(H,31,36)/t14-/m1/s1.